The lowest BCUT2D eigenvalue weighted by atomic mass is 10.1. The third-order valence-corrected chi connectivity index (χ3v) is 5.79. The smallest absolute Gasteiger partial charge is 0.279 e. The van der Waals surface area contributed by atoms with Crippen molar-refractivity contribution in [3.63, 3.8) is 0 Å². The van der Waals surface area contributed by atoms with Crippen molar-refractivity contribution >= 4 is 34.0 Å². The molecule has 3 aromatic rings. The van der Waals surface area contributed by atoms with Crippen LogP contribution in [0.3, 0.4) is 0 Å². The molecule has 1 aliphatic rings. The number of nitro benzene ring substituents is 2. The summed E-state index contributed by atoms with van der Waals surface area (Å²) >= 11 is 0. The first-order valence-electron chi connectivity index (χ1n) is 10.1. The monoisotopic (exact) mass is 435 g/mol. The molecule has 1 saturated heterocycles. The lowest BCUT2D eigenvalue weighted by Crippen LogP contribution is -2.49. The van der Waals surface area contributed by atoms with E-state index < -0.39 is 27.1 Å². The molecule has 0 radical (unpaired) electrons. The van der Waals surface area contributed by atoms with Gasteiger partial charge in [-0.3, -0.25) is 25.0 Å². The summed E-state index contributed by atoms with van der Waals surface area (Å²) in [5, 5.41) is 23.7. The topological polar surface area (TPSA) is 123 Å². The Balaban J connectivity index is 1.54. The number of pyridine rings is 1. The van der Waals surface area contributed by atoms with Crippen LogP contribution in [0.5, 0.6) is 0 Å². The molecule has 10 nitrogen and oxygen atoms in total. The molecule has 0 saturated carbocycles. The molecule has 0 N–H and O–H groups in total. The maximum atomic E-state index is 13.0. The van der Waals surface area contributed by atoms with Crippen LogP contribution in [0.15, 0.2) is 42.5 Å². The molecule has 32 heavy (non-hydrogen) atoms. The van der Waals surface area contributed by atoms with Crippen LogP contribution < -0.4 is 4.90 Å². The Bertz CT molecular complexity index is 1220. The first kappa shape index (κ1) is 21.2. The zero-order chi connectivity index (χ0) is 23.0. The molecule has 10 heteroatoms. The Hall–Kier alpha value is -4.08. The van der Waals surface area contributed by atoms with E-state index in [9.17, 15) is 25.0 Å². The number of hydrogen-bond acceptors (Lipinski definition) is 7. The summed E-state index contributed by atoms with van der Waals surface area (Å²) in [7, 11) is 0. The van der Waals surface area contributed by atoms with Crippen molar-refractivity contribution < 1.29 is 14.6 Å². The van der Waals surface area contributed by atoms with Gasteiger partial charge >= 0.3 is 0 Å². The highest BCUT2D eigenvalue weighted by Gasteiger charge is 2.29. The Labute approximate surface area is 183 Å². The Kier molecular flexibility index (Phi) is 5.43. The third kappa shape index (κ3) is 3.82. The average Bonchev–Trinajstić information content (AvgIpc) is 2.78. The predicted octanol–water partition coefficient (Wildman–Crippen LogP) is 3.63. The molecule has 1 aliphatic heterocycles. The van der Waals surface area contributed by atoms with Crippen LogP contribution in [-0.2, 0) is 0 Å². The number of carbonyl (C=O) groups is 1. The number of rotatable bonds is 4. The fraction of sp³-hybridized carbons (Fsp3) is 0.273. The highest BCUT2D eigenvalue weighted by Crippen LogP contribution is 2.30. The molecule has 2 heterocycles. The largest absolute Gasteiger partial charge is 0.353 e. The van der Waals surface area contributed by atoms with Crippen LogP contribution in [0.2, 0.25) is 0 Å². The minimum Gasteiger partial charge on any atom is -0.353 e. The third-order valence-electron chi connectivity index (χ3n) is 5.79. The molecule has 1 fully saturated rings. The number of aromatic nitrogens is 1. The van der Waals surface area contributed by atoms with E-state index in [1.165, 1.54) is 6.92 Å². The SMILES string of the molecule is Cc1c([N+](=O)[O-])cc(C(=O)N2CCN(c3cc(C)c4ccccc4n3)CC2)cc1[N+](=O)[O-]. The van der Waals surface area contributed by atoms with Crippen LogP contribution in [-0.4, -0.2) is 51.8 Å². The molecule has 164 valence electrons. The van der Waals surface area contributed by atoms with Gasteiger partial charge in [-0.15, -0.1) is 0 Å². The number of benzene rings is 2. The number of piperazine rings is 1. The molecule has 1 amide bonds. The van der Waals surface area contributed by atoms with Crippen molar-refractivity contribution in [1.29, 1.82) is 0 Å². The van der Waals surface area contributed by atoms with Gasteiger partial charge in [-0.05, 0) is 31.5 Å². The second-order valence-corrected chi connectivity index (χ2v) is 7.75. The molecule has 4 rings (SSSR count). The Morgan fingerprint density at radius 2 is 1.53 bits per heavy atom. The number of para-hydroxylation sites is 1. The zero-order valence-corrected chi connectivity index (χ0v) is 17.6. The van der Waals surface area contributed by atoms with Crippen molar-refractivity contribution in [1.82, 2.24) is 9.88 Å². The first-order chi connectivity index (χ1) is 15.3. The maximum Gasteiger partial charge on any atom is 0.279 e. The van der Waals surface area contributed by atoms with Crippen LogP contribution in [0.4, 0.5) is 17.2 Å². The van der Waals surface area contributed by atoms with Gasteiger partial charge in [0.25, 0.3) is 17.3 Å². The second-order valence-electron chi connectivity index (χ2n) is 7.75. The molecule has 0 unspecified atom stereocenters. The molecule has 2 aromatic carbocycles. The summed E-state index contributed by atoms with van der Waals surface area (Å²) in [6.07, 6.45) is 0. The summed E-state index contributed by atoms with van der Waals surface area (Å²) < 4.78 is 0. The summed E-state index contributed by atoms with van der Waals surface area (Å²) in [6.45, 7) is 5.16. The van der Waals surface area contributed by atoms with Crippen molar-refractivity contribution in [2.75, 3.05) is 31.1 Å². The standard InChI is InChI=1S/C22H21N5O5/c1-14-11-21(23-18-6-4-3-5-17(14)18)24-7-9-25(10-8-24)22(28)16-12-19(26(29)30)15(2)20(13-16)27(31)32/h3-6,11-13H,7-10H2,1-2H3. The van der Waals surface area contributed by atoms with Crippen molar-refractivity contribution in [3.8, 4) is 0 Å². The molecule has 0 spiro atoms. The number of hydrogen-bond donors (Lipinski definition) is 0. The van der Waals surface area contributed by atoms with Crippen molar-refractivity contribution in [3.05, 3.63) is 79.4 Å². The van der Waals surface area contributed by atoms with E-state index in [2.05, 4.69) is 4.90 Å². The quantitative estimate of drug-likeness (QED) is 0.453. The molecular formula is C22H21N5O5. The van der Waals surface area contributed by atoms with Gasteiger partial charge in [0.1, 0.15) is 11.4 Å². The van der Waals surface area contributed by atoms with E-state index in [-0.39, 0.29) is 11.1 Å². The van der Waals surface area contributed by atoms with Gasteiger partial charge in [0.05, 0.1) is 20.9 Å². The van der Waals surface area contributed by atoms with Gasteiger partial charge in [0, 0.05) is 43.7 Å². The average molecular weight is 435 g/mol. The molecule has 0 bridgehead atoms. The summed E-state index contributed by atoms with van der Waals surface area (Å²) in [6, 6.07) is 12.2. The first-order valence-corrected chi connectivity index (χ1v) is 10.1. The fourth-order valence-electron chi connectivity index (χ4n) is 4.00. The highest BCUT2D eigenvalue weighted by atomic mass is 16.6. The number of aryl methyl sites for hydroxylation is 1. The van der Waals surface area contributed by atoms with Gasteiger partial charge in [-0.25, -0.2) is 4.98 Å². The van der Waals surface area contributed by atoms with E-state index in [4.69, 9.17) is 4.98 Å². The van der Waals surface area contributed by atoms with Crippen molar-refractivity contribution in [2.24, 2.45) is 0 Å². The number of anilines is 1. The van der Waals surface area contributed by atoms with Gasteiger partial charge in [0.2, 0.25) is 0 Å². The van der Waals surface area contributed by atoms with E-state index in [0.29, 0.717) is 26.2 Å². The molecular weight excluding hydrogens is 414 g/mol. The number of nitro groups is 2. The predicted molar refractivity (Wildman–Crippen MR) is 119 cm³/mol. The van der Waals surface area contributed by atoms with Gasteiger partial charge in [-0.1, -0.05) is 18.2 Å². The van der Waals surface area contributed by atoms with Gasteiger partial charge in [-0.2, -0.15) is 0 Å². The summed E-state index contributed by atoms with van der Waals surface area (Å²) in [4.78, 5) is 42.6. The normalized spacial score (nSPS) is 13.9. The van der Waals surface area contributed by atoms with Gasteiger partial charge in [0.15, 0.2) is 0 Å². The van der Waals surface area contributed by atoms with Crippen LogP contribution in [0, 0.1) is 34.1 Å². The van der Waals surface area contributed by atoms with Crippen LogP contribution >= 0.6 is 0 Å². The minimum absolute atomic E-state index is 0.0536. The molecule has 1 aromatic heterocycles. The maximum absolute atomic E-state index is 13.0. The summed E-state index contributed by atoms with van der Waals surface area (Å²) in [5.74, 6) is 0.369. The van der Waals surface area contributed by atoms with E-state index in [1.807, 2.05) is 37.3 Å². The lowest BCUT2D eigenvalue weighted by molar-refractivity contribution is -0.395. The number of carbonyl (C=O) groups excluding carboxylic acids is 1. The van der Waals surface area contributed by atoms with E-state index >= 15 is 0 Å². The van der Waals surface area contributed by atoms with E-state index in [1.54, 1.807) is 4.90 Å². The molecule has 0 aliphatic carbocycles. The number of fused-ring (bicyclic) bond motifs is 1. The minimum atomic E-state index is -0.704. The van der Waals surface area contributed by atoms with Crippen LogP contribution in [0.1, 0.15) is 21.5 Å². The van der Waals surface area contributed by atoms with E-state index in [0.717, 1.165) is 34.4 Å². The highest BCUT2D eigenvalue weighted by molar-refractivity contribution is 5.96. The number of amides is 1. The lowest BCUT2D eigenvalue weighted by Gasteiger charge is -2.35. The number of nitrogens with zero attached hydrogens (tertiary/aromatic N) is 5. The second kappa shape index (κ2) is 8.22. The Morgan fingerprint density at radius 1 is 0.938 bits per heavy atom. The summed E-state index contributed by atoms with van der Waals surface area (Å²) in [5.41, 5.74) is 1.03. The van der Waals surface area contributed by atoms with Crippen molar-refractivity contribution in [2.45, 2.75) is 13.8 Å². The van der Waals surface area contributed by atoms with Crippen LogP contribution in [0.25, 0.3) is 10.9 Å². The Morgan fingerprint density at radius 3 is 2.12 bits per heavy atom. The van der Waals surface area contributed by atoms with Gasteiger partial charge < -0.3 is 9.80 Å². The molecule has 0 atom stereocenters. The fourth-order valence-corrected chi connectivity index (χ4v) is 4.00. The zero-order valence-electron chi connectivity index (χ0n) is 17.6.